The van der Waals surface area contributed by atoms with Gasteiger partial charge in [0.2, 0.25) is 0 Å². The van der Waals surface area contributed by atoms with Gasteiger partial charge >= 0.3 is 0 Å². The summed E-state index contributed by atoms with van der Waals surface area (Å²) in [6.45, 7) is 3.52. The Bertz CT molecular complexity index is 343. The van der Waals surface area contributed by atoms with E-state index in [9.17, 15) is 4.39 Å². The monoisotopic (exact) mass is 268 g/mol. The zero-order valence-corrected chi connectivity index (χ0v) is 11.9. The van der Waals surface area contributed by atoms with E-state index in [1.54, 1.807) is 7.11 Å². The van der Waals surface area contributed by atoms with Crippen LogP contribution in [-0.4, -0.2) is 32.3 Å². The molecule has 0 amide bonds. The molecule has 0 aromatic heterocycles. The molecule has 4 heteroatoms. The Morgan fingerprint density at radius 2 is 2.00 bits per heavy atom. The van der Waals surface area contributed by atoms with Crippen LogP contribution in [0.3, 0.4) is 0 Å². The van der Waals surface area contributed by atoms with Crippen LogP contribution in [-0.2, 0) is 11.2 Å². The van der Waals surface area contributed by atoms with E-state index in [0.29, 0.717) is 25.2 Å². The Morgan fingerprint density at radius 3 is 2.58 bits per heavy atom. The SMILES string of the molecule is COCC(CCCN)NC(C)Cc1ccc(F)cc1. The van der Waals surface area contributed by atoms with Gasteiger partial charge in [-0.05, 0) is 50.4 Å². The molecule has 2 atom stereocenters. The Labute approximate surface area is 115 Å². The van der Waals surface area contributed by atoms with Crippen LogP contribution in [0, 0.1) is 5.82 Å². The molecular weight excluding hydrogens is 243 g/mol. The quantitative estimate of drug-likeness (QED) is 0.721. The molecule has 0 aliphatic rings. The van der Waals surface area contributed by atoms with Gasteiger partial charge in [-0.2, -0.15) is 0 Å². The van der Waals surface area contributed by atoms with Gasteiger partial charge in [-0.3, -0.25) is 0 Å². The Kier molecular flexibility index (Phi) is 7.63. The lowest BCUT2D eigenvalue weighted by Crippen LogP contribution is -2.40. The van der Waals surface area contributed by atoms with Crippen LogP contribution >= 0.6 is 0 Å². The van der Waals surface area contributed by atoms with Crippen LogP contribution in [0.5, 0.6) is 0 Å². The minimum absolute atomic E-state index is 0.190. The topological polar surface area (TPSA) is 47.3 Å². The number of benzene rings is 1. The molecule has 3 N–H and O–H groups in total. The number of nitrogens with one attached hydrogen (secondary N) is 1. The molecule has 0 fully saturated rings. The summed E-state index contributed by atoms with van der Waals surface area (Å²) in [4.78, 5) is 0. The molecule has 0 aliphatic carbocycles. The van der Waals surface area contributed by atoms with E-state index in [0.717, 1.165) is 24.8 Å². The summed E-state index contributed by atoms with van der Waals surface area (Å²) in [5.74, 6) is -0.190. The van der Waals surface area contributed by atoms with Crippen LogP contribution in [0.4, 0.5) is 4.39 Å². The van der Waals surface area contributed by atoms with Gasteiger partial charge in [-0.15, -0.1) is 0 Å². The standard InChI is InChI=1S/C15H25FN2O/c1-12(10-13-5-7-14(16)8-6-13)18-15(11-19-2)4-3-9-17/h5-8,12,15,18H,3-4,9-11,17H2,1-2H3. The summed E-state index contributed by atoms with van der Waals surface area (Å²) in [7, 11) is 1.71. The molecule has 0 saturated carbocycles. The van der Waals surface area contributed by atoms with Crippen LogP contribution < -0.4 is 11.1 Å². The number of nitrogens with two attached hydrogens (primary N) is 1. The summed E-state index contributed by atoms with van der Waals surface area (Å²) >= 11 is 0. The average molecular weight is 268 g/mol. The second kappa shape index (κ2) is 9.02. The second-order valence-electron chi connectivity index (χ2n) is 4.98. The maximum absolute atomic E-state index is 12.8. The highest BCUT2D eigenvalue weighted by atomic mass is 19.1. The van der Waals surface area contributed by atoms with Gasteiger partial charge in [-0.25, -0.2) is 4.39 Å². The maximum atomic E-state index is 12.8. The molecule has 0 radical (unpaired) electrons. The predicted molar refractivity (Wildman–Crippen MR) is 76.7 cm³/mol. The van der Waals surface area contributed by atoms with E-state index in [1.165, 1.54) is 12.1 Å². The Hall–Kier alpha value is -0.970. The lowest BCUT2D eigenvalue weighted by atomic mass is 10.0. The van der Waals surface area contributed by atoms with Crippen molar-refractivity contribution in [3.63, 3.8) is 0 Å². The lowest BCUT2D eigenvalue weighted by Gasteiger charge is -2.23. The fraction of sp³-hybridized carbons (Fsp3) is 0.600. The third-order valence-electron chi connectivity index (χ3n) is 3.10. The van der Waals surface area contributed by atoms with Crippen molar-refractivity contribution < 1.29 is 9.13 Å². The largest absolute Gasteiger partial charge is 0.383 e. The Morgan fingerprint density at radius 1 is 1.32 bits per heavy atom. The molecule has 0 spiro atoms. The highest BCUT2D eigenvalue weighted by molar-refractivity contribution is 5.17. The van der Waals surface area contributed by atoms with E-state index in [1.807, 2.05) is 12.1 Å². The summed E-state index contributed by atoms with van der Waals surface area (Å²) < 4.78 is 18.0. The van der Waals surface area contributed by atoms with Crippen molar-refractivity contribution in [2.24, 2.45) is 5.73 Å². The van der Waals surface area contributed by atoms with Crippen molar-refractivity contribution in [2.75, 3.05) is 20.3 Å². The van der Waals surface area contributed by atoms with Gasteiger partial charge in [0.25, 0.3) is 0 Å². The van der Waals surface area contributed by atoms with Crippen LogP contribution in [0.1, 0.15) is 25.3 Å². The van der Waals surface area contributed by atoms with E-state index in [-0.39, 0.29) is 5.82 Å². The van der Waals surface area contributed by atoms with Gasteiger partial charge < -0.3 is 15.8 Å². The molecule has 3 nitrogen and oxygen atoms in total. The minimum atomic E-state index is -0.190. The Balaban J connectivity index is 2.42. The third kappa shape index (κ3) is 6.66. The fourth-order valence-corrected chi connectivity index (χ4v) is 2.22. The van der Waals surface area contributed by atoms with Gasteiger partial charge in [-0.1, -0.05) is 12.1 Å². The third-order valence-corrected chi connectivity index (χ3v) is 3.10. The van der Waals surface area contributed by atoms with Crippen molar-refractivity contribution in [2.45, 2.75) is 38.3 Å². The molecule has 1 aromatic carbocycles. The van der Waals surface area contributed by atoms with E-state index >= 15 is 0 Å². The molecule has 0 aliphatic heterocycles. The summed E-state index contributed by atoms with van der Waals surface area (Å²) in [5, 5.41) is 3.54. The predicted octanol–water partition coefficient (Wildman–Crippen LogP) is 2.10. The molecule has 0 heterocycles. The van der Waals surface area contributed by atoms with E-state index < -0.39 is 0 Å². The first kappa shape index (κ1) is 16.1. The summed E-state index contributed by atoms with van der Waals surface area (Å²) in [6, 6.07) is 7.32. The normalized spacial score (nSPS) is 14.3. The molecule has 108 valence electrons. The highest BCUT2D eigenvalue weighted by Gasteiger charge is 2.12. The molecule has 19 heavy (non-hydrogen) atoms. The zero-order valence-electron chi connectivity index (χ0n) is 11.9. The van der Waals surface area contributed by atoms with Gasteiger partial charge in [0.1, 0.15) is 5.82 Å². The maximum Gasteiger partial charge on any atom is 0.123 e. The van der Waals surface area contributed by atoms with E-state index in [2.05, 4.69) is 12.2 Å². The minimum Gasteiger partial charge on any atom is -0.383 e. The number of rotatable bonds is 9. The van der Waals surface area contributed by atoms with Gasteiger partial charge in [0.15, 0.2) is 0 Å². The van der Waals surface area contributed by atoms with Gasteiger partial charge in [0, 0.05) is 19.2 Å². The smallest absolute Gasteiger partial charge is 0.123 e. The first-order valence-corrected chi connectivity index (χ1v) is 6.85. The molecule has 2 unspecified atom stereocenters. The van der Waals surface area contributed by atoms with Crippen molar-refractivity contribution in [3.8, 4) is 0 Å². The van der Waals surface area contributed by atoms with Crippen LogP contribution in [0.2, 0.25) is 0 Å². The highest BCUT2D eigenvalue weighted by Crippen LogP contribution is 2.07. The number of methoxy groups -OCH3 is 1. The number of ether oxygens (including phenoxy) is 1. The molecule has 0 saturated heterocycles. The van der Waals surface area contributed by atoms with Crippen LogP contribution in [0.25, 0.3) is 0 Å². The molecule has 0 bridgehead atoms. The molecule has 1 aromatic rings. The van der Waals surface area contributed by atoms with Crippen molar-refractivity contribution in [3.05, 3.63) is 35.6 Å². The fourth-order valence-electron chi connectivity index (χ4n) is 2.22. The first-order chi connectivity index (χ1) is 9.15. The first-order valence-electron chi connectivity index (χ1n) is 6.85. The average Bonchev–Trinajstić information content (AvgIpc) is 2.39. The second-order valence-corrected chi connectivity index (χ2v) is 4.98. The summed E-state index contributed by atoms with van der Waals surface area (Å²) in [6.07, 6.45) is 2.88. The van der Waals surface area contributed by atoms with E-state index in [4.69, 9.17) is 10.5 Å². The molecular formula is C15H25FN2O. The van der Waals surface area contributed by atoms with Crippen molar-refractivity contribution in [1.29, 1.82) is 0 Å². The molecule has 1 rings (SSSR count). The number of halogens is 1. The lowest BCUT2D eigenvalue weighted by molar-refractivity contribution is 0.156. The van der Waals surface area contributed by atoms with Crippen molar-refractivity contribution >= 4 is 0 Å². The van der Waals surface area contributed by atoms with Crippen LogP contribution in [0.15, 0.2) is 24.3 Å². The number of hydrogen-bond acceptors (Lipinski definition) is 3. The van der Waals surface area contributed by atoms with Crippen molar-refractivity contribution in [1.82, 2.24) is 5.32 Å². The zero-order chi connectivity index (χ0) is 14.1. The number of hydrogen-bond donors (Lipinski definition) is 2. The summed E-state index contributed by atoms with van der Waals surface area (Å²) in [5.41, 5.74) is 6.67. The van der Waals surface area contributed by atoms with Gasteiger partial charge in [0.05, 0.1) is 6.61 Å².